The lowest BCUT2D eigenvalue weighted by molar-refractivity contribution is -0.150. The van der Waals surface area contributed by atoms with E-state index in [4.69, 9.17) is 22.9 Å². The Bertz CT molecular complexity index is 1110. The molecule has 0 aromatic heterocycles. The second-order valence-electron chi connectivity index (χ2n) is 9.47. The van der Waals surface area contributed by atoms with E-state index in [0.29, 0.717) is 6.42 Å². The fraction of sp³-hybridized carbons (Fsp3) is 0.609. The fourth-order valence-corrected chi connectivity index (χ4v) is 4.11. The van der Waals surface area contributed by atoms with Crippen LogP contribution < -0.4 is 44.2 Å². The number of rotatable bonds is 18. The Labute approximate surface area is 245 Å². The standard InChI is InChI=1S/C23H38N10O10/c24-9-16(35)30-11(3-1-5-28-23(26)27)19(39)29-10-17(36)31-12(8-18(37)38)20(40)32-13(7-15(25)34)21(41)33-6-2-4-14(33)22(42)43/h11-14H,1-10,24H2,(H2,25,34)(H,29,39)(H,30,35)(H,31,36)(H,32,40)(H,37,38)(H,42,43)(H4,26,27,28)/t11-,12+,13-,14+/m0/s1. The minimum absolute atomic E-state index is 0.0386. The van der Waals surface area contributed by atoms with Crippen LogP contribution in [-0.4, -0.2) is 119 Å². The molecule has 0 spiro atoms. The Balaban J connectivity index is 2.92. The molecule has 240 valence electrons. The van der Waals surface area contributed by atoms with Gasteiger partial charge < -0.3 is 59.3 Å². The Morgan fingerprint density at radius 3 is 2.07 bits per heavy atom. The van der Waals surface area contributed by atoms with Crippen molar-refractivity contribution in [1.29, 1.82) is 0 Å². The van der Waals surface area contributed by atoms with Gasteiger partial charge in [0, 0.05) is 13.1 Å². The number of primary amides is 1. The van der Waals surface area contributed by atoms with Gasteiger partial charge in [0.15, 0.2) is 5.96 Å². The van der Waals surface area contributed by atoms with Gasteiger partial charge in [-0.2, -0.15) is 0 Å². The van der Waals surface area contributed by atoms with E-state index >= 15 is 0 Å². The summed E-state index contributed by atoms with van der Waals surface area (Å²) in [5.41, 5.74) is 20.9. The number of carbonyl (C=O) groups excluding carboxylic acids is 6. The van der Waals surface area contributed by atoms with Gasteiger partial charge in [-0.3, -0.25) is 38.6 Å². The smallest absolute Gasteiger partial charge is 0.326 e. The van der Waals surface area contributed by atoms with E-state index in [2.05, 4.69) is 26.3 Å². The molecule has 4 atom stereocenters. The largest absolute Gasteiger partial charge is 0.481 e. The number of carboxylic acid groups (broad SMARTS) is 2. The Morgan fingerprint density at radius 1 is 0.860 bits per heavy atom. The quantitative estimate of drug-likeness (QED) is 0.0391. The van der Waals surface area contributed by atoms with Crippen molar-refractivity contribution in [2.24, 2.45) is 27.9 Å². The van der Waals surface area contributed by atoms with Gasteiger partial charge in [0.25, 0.3) is 0 Å². The first-order chi connectivity index (χ1) is 20.2. The van der Waals surface area contributed by atoms with Crippen LogP contribution in [0.3, 0.4) is 0 Å². The van der Waals surface area contributed by atoms with Crippen molar-refractivity contribution in [3.63, 3.8) is 0 Å². The highest BCUT2D eigenvalue weighted by Gasteiger charge is 2.39. The first-order valence-electron chi connectivity index (χ1n) is 13.1. The van der Waals surface area contributed by atoms with Crippen LogP contribution in [-0.2, 0) is 38.4 Å². The zero-order valence-electron chi connectivity index (χ0n) is 23.2. The lowest BCUT2D eigenvalue weighted by Gasteiger charge is -2.28. The van der Waals surface area contributed by atoms with Gasteiger partial charge in [-0.15, -0.1) is 0 Å². The zero-order valence-corrected chi connectivity index (χ0v) is 23.2. The highest BCUT2D eigenvalue weighted by atomic mass is 16.4. The second kappa shape index (κ2) is 17.7. The van der Waals surface area contributed by atoms with Crippen molar-refractivity contribution in [2.45, 2.75) is 62.7 Å². The highest BCUT2D eigenvalue weighted by Crippen LogP contribution is 2.19. The van der Waals surface area contributed by atoms with E-state index in [1.54, 1.807) is 0 Å². The zero-order chi connectivity index (χ0) is 32.7. The molecule has 0 aliphatic carbocycles. The summed E-state index contributed by atoms with van der Waals surface area (Å²) in [6, 6.07) is -5.73. The topological polar surface area (TPSA) is 345 Å². The van der Waals surface area contributed by atoms with Crippen molar-refractivity contribution < 1.29 is 48.6 Å². The van der Waals surface area contributed by atoms with E-state index in [9.17, 15) is 48.6 Å². The van der Waals surface area contributed by atoms with Crippen molar-refractivity contribution in [3.8, 4) is 0 Å². The number of aliphatic carboxylic acids is 2. The number of nitrogens with two attached hydrogens (primary N) is 4. The summed E-state index contributed by atoms with van der Waals surface area (Å²) in [5.74, 6) is -8.56. The van der Waals surface area contributed by atoms with Gasteiger partial charge in [0.2, 0.25) is 35.4 Å². The summed E-state index contributed by atoms with van der Waals surface area (Å²) in [5, 5.41) is 27.5. The summed E-state index contributed by atoms with van der Waals surface area (Å²) in [7, 11) is 0. The first-order valence-corrected chi connectivity index (χ1v) is 13.1. The molecule has 1 saturated heterocycles. The molecule has 0 aromatic carbocycles. The van der Waals surface area contributed by atoms with Crippen molar-refractivity contribution in [1.82, 2.24) is 26.2 Å². The number of nitrogens with zero attached hydrogens (tertiary/aromatic N) is 2. The van der Waals surface area contributed by atoms with E-state index in [0.717, 1.165) is 4.90 Å². The molecule has 1 aliphatic heterocycles. The number of carbonyl (C=O) groups is 8. The van der Waals surface area contributed by atoms with E-state index < -0.39 is 97.5 Å². The predicted molar refractivity (Wildman–Crippen MR) is 146 cm³/mol. The van der Waals surface area contributed by atoms with Crippen molar-refractivity contribution in [3.05, 3.63) is 0 Å². The third-order valence-corrected chi connectivity index (χ3v) is 6.08. The van der Waals surface area contributed by atoms with Crippen LogP contribution in [0.15, 0.2) is 4.99 Å². The van der Waals surface area contributed by atoms with Crippen LogP contribution in [0, 0.1) is 0 Å². The second-order valence-corrected chi connectivity index (χ2v) is 9.47. The number of likely N-dealkylation sites (tertiary alicyclic amines) is 1. The van der Waals surface area contributed by atoms with Crippen molar-refractivity contribution >= 4 is 53.3 Å². The number of carboxylic acids is 2. The van der Waals surface area contributed by atoms with E-state index in [-0.39, 0.29) is 38.3 Å². The molecule has 6 amide bonds. The summed E-state index contributed by atoms with van der Waals surface area (Å²) in [6.45, 7) is -0.983. The van der Waals surface area contributed by atoms with Crippen LogP contribution >= 0.6 is 0 Å². The van der Waals surface area contributed by atoms with Crippen LogP contribution in [0.2, 0.25) is 0 Å². The highest BCUT2D eigenvalue weighted by molar-refractivity contribution is 5.97. The summed E-state index contributed by atoms with van der Waals surface area (Å²) in [4.78, 5) is 102. The molecule has 0 aromatic rings. The minimum Gasteiger partial charge on any atom is -0.481 e. The average Bonchev–Trinajstić information content (AvgIpc) is 3.42. The molecule has 43 heavy (non-hydrogen) atoms. The van der Waals surface area contributed by atoms with Gasteiger partial charge in [-0.25, -0.2) is 4.79 Å². The summed E-state index contributed by atoms with van der Waals surface area (Å²) >= 11 is 0. The van der Waals surface area contributed by atoms with Gasteiger partial charge in [-0.05, 0) is 25.7 Å². The Morgan fingerprint density at radius 2 is 1.51 bits per heavy atom. The molecule has 20 nitrogen and oxygen atoms in total. The normalized spacial score (nSPS) is 16.1. The molecule has 1 aliphatic rings. The van der Waals surface area contributed by atoms with E-state index in [1.165, 1.54) is 0 Å². The monoisotopic (exact) mass is 614 g/mol. The molecule has 1 rings (SSSR count). The van der Waals surface area contributed by atoms with Crippen LogP contribution in [0.25, 0.3) is 0 Å². The Hall–Kier alpha value is -5.01. The van der Waals surface area contributed by atoms with Crippen LogP contribution in [0.5, 0.6) is 0 Å². The number of guanidine groups is 1. The molecule has 0 saturated carbocycles. The number of aliphatic imine (C=N–C) groups is 1. The lowest BCUT2D eigenvalue weighted by Crippen LogP contribution is -2.57. The molecule has 20 heteroatoms. The van der Waals surface area contributed by atoms with Crippen molar-refractivity contribution in [2.75, 3.05) is 26.2 Å². The third kappa shape index (κ3) is 13.0. The van der Waals surface area contributed by atoms with Gasteiger partial charge in [0.05, 0.1) is 25.9 Å². The third-order valence-electron chi connectivity index (χ3n) is 6.08. The lowest BCUT2D eigenvalue weighted by atomic mass is 10.1. The first kappa shape index (κ1) is 36.0. The average molecular weight is 615 g/mol. The molecule has 0 radical (unpaired) electrons. The molecule has 1 fully saturated rings. The minimum atomic E-state index is -1.77. The maximum Gasteiger partial charge on any atom is 0.326 e. The molecule has 0 bridgehead atoms. The molecule has 0 unspecified atom stereocenters. The van der Waals surface area contributed by atoms with Crippen LogP contribution in [0.4, 0.5) is 0 Å². The van der Waals surface area contributed by atoms with Gasteiger partial charge in [0.1, 0.15) is 24.2 Å². The maximum atomic E-state index is 13.0. The van der Waals surface area contributed by atoms with Gasteiger partial charge in [-0.1, -0.05) is 0 Å². The Kier molecular flexibility index (Phi) is 14.8. The fourth-order valence-electron chi connectivity index (χ4n) is 4.11. The van der Waals surface area contributed by atoms with Gasteiger partial charge >= 0.3 is 11.9 Å². The summed E-state index contributed by atoms with van der Waals surface area (Å²) < 4.78 is 0. The number of nitrogens with one attached hydrogen (secondary N) is 4. The number of amides is 6. The molecule has 1 heterocycles. The van der Waals surface area contributed by atoms with E-state index in [1.807, 2.05) is 0 Å². The molecular formula is C23H38N10O10. The number of hydrogen-bond acceptors (Lipinski definition) is 10. The SMILES string of the molecule is NCC(=O)N[C@@H](CCCN=C(N)N)C(=O)NCC(=O)N[C@H](CC(=O)O)C(=O)N[C@@H](CC(N)=O)C(=O)N1CCC[C@@H]1C(=O)O. The predicted octanol–water partition coefficient (Wildman–Crippen LogP) is -6.01. The molecule has 14 N–H and O–H groups in total. The van der Waals surface area contributed by atoms with Crippen LogP contribution in [0.1, 0.15) is 38.5 Å². The number of hydrogen-bond donors (Lipinski definition) is 10. The molecular weight excluding hydrogens is 576 g/mol. The maximum absolute atomic E-state index is 13.0. The summed E-state index contributed by atoms with van der Waals surface area (Å²) in [6.07, 6.45) is -0.843.